The Hall–Kier alpha value is -0.643. The van der Waals surface area contributed by atoms with E-state index in [1.165, 1.54) is 24.8 Å². The average Bonchev–Trinajstić information content (AvgIpc) is 2.85. The summed E-state index contributed by atoms with van der Waals surface area (Å²) in [6.45, 7) is 6.51. The van der Waals surface area contributed by atoms with E-state index < -0.39 is 14.1 Å². The molecule has 2 nitrogen and oxygen atoms in total. The van der Waals surface area contributed by atoms with Crippen molar-refractivity contribution in [2.75, 3.05) is 0 Å². The average molecular weight is 290 g/mol. The molecular formula is C17H26O2Si. The molecule has 2 aliphatic rings. The van der Waals surface area contributed by atoms with Crippen molar-refractivity contribution in [1.29, 1.82) is 0 Å². The molecule has 3 heteroatoms. The summed E-state index contributed by atoms with van der Waals surface area (Å²) in [4.78, 5) is 0. The van der Waals surface area contributed by atoms with E-state index in [1.54, 1.807) is 0 Å². The molecule has 2 unspecified atom stereocenters. The Labute approximate surface area is 123 Å². The van der Waals surface area contributed by atoms with Gasteiger partial charge in [-0.05, 0) is 38.0 Å². The van der Waals surface area contributed by atoms with E-state index >= 15 is 0 Å². The Morgan fingerprint density at radius 1 is 1.05 bits per heavy atom. The number of benzene rings is 1. The maximum atomic E-state index is 11.3. The van der Waals surface area contributed by atoms with Gasteiger partial charge in [0, 0.05) is 11.3 Å². The smallest absolute Gasteiger partial charge is 0.187 e. The first-order valence-corrected chi connectivity index (χ1v) is 11.3. The minimum atomic E-state index is -1.76. The van der Waals surface area contributed by atoms with Gasteiger partial charge in [0.15, 0.2) is 14.1 Å². The lowest BCUT2D eigenvalue weighted by Gasteiger charge is -2.30. The molecule has 0 amide bonds. The van der Waals surface area contributed by atoms with Crippen LogP contribution in [-0.2, 0) is 4.43 Å². The maximum absolute atomic E-state index is 11.3. The molecule has 2 atom stereocenters. The van der Waals surface area contributed by atoms with Crippen molar-refractivity contribution in [3.05, 3.63) is 35.9 Å². The summed E-state index contributed by atoms with van der Waals surface area (Å²) >= 11 is 0. The van der Waals surface area contributed by atoms with Crippen LogP contribution in [0.5, 0.6) is 0 Å². The van der Waals surface area contributed by atoms with E-state index in [0.717, 1.165) is 12.8 Å². The van der Waals surface area contributed by atoms with Gasteiger partial charge in [0.05, 0.1) is 0 Å². The fourth-order valence-corrected chi connectivity index (χ4v) is 5.45. The molecule has 1 aromatic rings. The van der Waals surface area contributed by atoms with Gasteiger partial charge in [0.2, 0.25) is 0 Å². The van der Waals surface area contributed by atoms with E-state index in [-0.39, 0.29) is 11.3 Å². The number of rotatable bonds is 3. The lowest BCUT2D eigenvalue weighted by atomic mass is 9.82. The van der Waals surface area contributed by atoms with Crippen molar-refractivity contribution in [1.82, 2.24) is 0 Å². The SMILES string of the molecule is C[Si](C)(C)OC1(O)C(c2ccccc2)C12CCCCC2. The van der Waals surface area contributed by atoms with Crippen LogP contribution in [0.15, 0.2) is 30.3 Å². The van der Waals surface area contributed by atoms with E-state index in [1.807, 2.05) is 6.07 Å². The summed E-state index contributed by atoms with van der Waals surface area (Å²) in [5.74, 6) is -0.748. The Balaban J connectivity index is 1.94. The van der Waals surface area contributed by atoms with Gasteiger partial charge in [-0.1, -0.05) is 49.6 Å². The van der Waals surface area contributed by atoms with Crippen LogP contribution >= 0.6 is 0 Å². The predicted molar refractivity (Wildman–Crippen MR) is 84.1 cm³/mol. The maximum Gasteiger partial charge on any atom is 0.187 e. The van der Waals surface area contributed by atoms with Crippen molar-refractivity contribution in [3.8, 4) is 0 Å². The molecule has 0 radical (unpaired) electrons. The van der Waals surface area contributed by atoms with Gasteiger partial charge in [-0.2, -0.15) is 0 Å². The van der Waals surface area contributed by atoms with E-state index in [2.05, 4.69) is 43.9 Å². The highest BCUT2D eigenvalue weighted by molar-refractivity contribution is 6.69. The zero-order chi connectivity index (χ0) is 14.4. The second kappa shape index (κ2) is 4.69. The van der Waals surface area contributed by atoms with Gasteiger partial charge in [-0.15, -0.1) is 0 Å². The Kier molecular flexibility index (Phi) is 3.35. The number of aliphatic hydroxyl groups is 1. The first-order valence-electron chi connectivity index (χ1n) is 7.87. The molecule has 0 heterocycles. The summed E-state index contributed by atoms with van der Waals surface area (Å²) in [7, 11) is -1.76. The van der Waals surface area contributed by atoms with Crippen LogP contribution in [0.25, 0.3) is 0 Å². The van der Waals surface area contributed by atoms with E-state index in [9.17, 15) is 5.11 Å². The van der Waals surface area contributed by atoms with Gasteiger partial charge < -0.3 is 9.53 Å². The van der Waals surface area contributed by atoms with Crippen molar-refractivity contribution in [3.63, 3.8) is 0 Å². The highest BCUT2D eigenvalue weighted by Gasteiger charge is 2.77. The molecule has 1 N–H and O–H groups in total. The zero-order valence-corrected chi connectivity index (χ0v) is 13.9. The minimum Gasteiger partial charge on any atom is -0.390 e. The van der Waals surface area contributed by atoms with Gasteiger partial charge in [0.25, 0.3) is 0 Å². The molecule has 20 heavy (non-hydrogen) atoms. The summed E-state index contributed by atoms with van der Waals surface area (Å²) in [6, 6.07) is 10.5. The summed E-state index contributed by atoms with van der Waals surface area (Å²) in [6.07, 6.45) is 5.95. The van der Waals surface area contributed by atoms with Gasteiger partial charge >= 0.3 is 0 Å². The van der Waals surface area contributed by atoms with Crippen molar-refractivity contribution in [2.45, 2.75) is 63.5 Å². The molecule has 0 saturated heterocycles. The van der Waals surface area contributed by atoms with E-state index in [0.29, 0.717) is 0 Å². The van der Waals surface area contributed by atoms with Gasteiger partial charge in [0.1, 0.15) is 0 Å². The molecule has 0 bridgehead atoms. The first-order chi connectivity index (χ1) is 9.39. The monoisotopic (exact) mass is 290 g/mol. The normalized spacial score (nSPS) is 32.3. The van der Waals surface area contributed by atoms with Crippen LogP contribution in [0.2, 0.25) is 19.6 Å². The molecule has 1 spiro atoms. The molecule has 3 rings (SSSR count). The van der Waals surface area contributed by atoms with Crippen LogP contribution in [0.1, 0.15) is 43.6 Å². The lowest BCUT2D eigenvalue weighted by molar-refractivity contribution is -0.0964. The van der Waals surface area contributed by atoms with Crippen molar-refractivity contribution < 1.29 is 9.53 Å². The standard InChI is InChI=1S/C17H26O2Si/c1-20(2,3)19-17(18)15(14-10-6-4-7-11-14)16(17)12-8-5-9-13-16/h4,6-7,10-11,15,18H,5,8-9,12-13H2,1-3H3. The molecule has 0 aliphatic heterocycles. The third-order valence-corrected chi connectivity index (χ3v) is 5.84. The van der Waals surface area contributed by atoms with E-state index in [4.69, 9.17) is 4.43 Å². The van der Waals surface area contributed by atoms with Crippen molar-refractivity contribution in [2.24, 2.45) is 5.41 Å². The predicted octanol–water partition coefficient (Wildman–Crippen LogP) is 4.27. The summed E-state index contributed by atoms with van der Waals surface area (Å²) in [5, 5.41) is 11.3. The fourth-order valence-electron chi connectivity index (χ4n) is 4.19. The number of hydrogen-bond donors (Lipinski definition) is 1. The van der Waals surface area contributed by atoms with Gasteiger partial charge in [-0.3, -0.25) is 0 Å². The highest BCUT2D eigenvalue weighted by Crippen LogP contribution is 2.74. The van der Waals surface area contributed by atoms with Crippen LogP contribution in [0, 0.1) is 5.41 Å². The highest BCUT2D eigenvalue weighted by atomic mass is 28.4. The zero-order valence-electron chi connectivity index (χ0n) is 12.9. The van der Waals surface area contributed by atoms with Crippen molar-refractivity contribution >= 4 is 8.32 Å². The van der Waals surface area contributed by atoms with Crippen LogP contribution in [0.4, 0.5) is 0 Å². The molecule has 1 aromatic carbocycles. The second-order valence-corrected chi connectivity index (χ2v) is 11.9. The van der Waals surface area contributed by atoms with Crippen LogP contribution < -0.4 is 0 Å². The second-order valence-electron chi connectivity index (χ2n) is 7.47. The lowest BCUT2D eigenvalue weighted by Crippen LogP contribution is -2.38. The Morgan fingerprint density at radius 2 is 1.65 bits per heavy atom. The Bertz CT molecular complexity index is 474. The largest absolute Gasteiger partial charge is 0.390 e. The molecule has 0 aromatic heterocycles. The van der Waals surface area contributed by atoms with Crippen LogP contribution in [0.3, 0.4) is 0 Å². The van der Waals surface area contributed by atoms with Gasteiger partial charge in [-0.25, -0.2) is 0 Å². The molecule has 110 valence electrons. The fraction of sp³-hybridized carbons (Fsp3) is 0.647. The topological polar surface area (TPSA) is 29.5 Å². The minimum absolute atomic E-state index is 0.0209. The quantitative estimate of drug-likeness (QED) is 0.665. The first kappa shape index (κ1) is 14.3. The Morgan fingerprint density at radius 3 is 2.20 bits per heavy atom. The van der Waals surface area contributed by atoms with Crippen LogP contribution in [-0.4, -0.2) is 19.2 Å². The summed E-state index contributed by atoms with van der Waals surface area (Å²) in [5.41, 5.74) is 1.22. The molecular weight excluding hydrogens is 264 g/mol. The third kappa shape index (κ3) is 2.16. The number of hydrogen-bond acceptors (Lipinski definition) is 2. The molecule has 2 fully saturated rings. The molecule has 2 saturated carbocycles. The molecule has 2 aliphatic carbocycles. The summed E-state index contributed by atoms with van der Waals surface area (Å²) < 4.78 is 6.29. The third-order valence-electron chi connectivity index (χ3n) is 4.91.